The summed E-state index contributed by atoms with van der Waals surface area (Å²) < 4.78 is 16.5. The smallest absolute Gasteiger partial charge is 0.257 e. The van der Waals surface area contributed by atoms with Crippen LogP contribution in [0.5, 0.6) is 5.75 Å². The predicted molar refractivity (Wildman–Crippen MR) is 119 cm³/mol. The Morgan fingerprint density at radius 2 is 2.00 bits per heavy atom. The number of hydrogen-bond acceptors (Lipinski definition) is 7. The molecule has 1 atom stereocenters. The highest BCUT2D eigenvalue weighted by molar-refractivity contribution is 5.77. The molecule has 1 aromatic heterocycles. The van der Waals surface area contributed by atoms with Gasteiger partial charge in [0.2, 0.25) is 11.7 Å². The third-order valence-corrected chi connectivity index (χ3v) is 6.06. The Morgan fingerprint density at radius 1 is 1.16 bits per heavy atom. The molecular formula is C24H26N4O4. The molecule has 32 heavy (non-hydrogen) atoms. The van der Waals surface area contributed by atoms with Crippen molar-refractivity contribution in [2.45, 2.75) is 18.9 Å². The molecule has 166 valence electrons. The first-order chi connectivity index (χ1) is 15.7. The Hall–Kier alpha value is -3.39. The highest BCUT2D eigenvalue weighted by Crippen LogP contribution is 2.28. The molecule has 2 aliphatic rings. The number of para-hydroxylation sites is 1. The molecular weight excluding hydrogens is 408 g/mol. The minimum absolute atomic E-state index is 0.123. The number of carbonyl (C=O) groups excluding carboxylic acids is 1. The number of nitrogens with zero attached hydrogens (tertiary/aromatic N) is 4. The van der Waals surface area contributed by atoms with E-state index < -0.39 is 6.10 Å². The van der Waals surface area contributed by atoms with E-state index >= 15 is 0 Å². The van der Waals surface area contributed by atoms with Crippen LogP contribution in [0.25, 0.3) is 11.4 Å². The molecule has 1 amide bonds. The maximum absolute atomic E-state index is 12.9. The number of anilines is 1. The van der Waals surface area contributed by atoms with Crippen molar-refractivity contribution in [2.24, 2.45) is 0 Å². The number of amides is 1. The number of ether oxygens (including phenoxy) is 2. The van der Waals surface area contributed by atoms with E-state index in [1.165, 1.54) is 11.3 Å². The van der Waals surface area contributed by atoms with E-state index in [0.717, 1.165) is 30.8 Å². The Morgan fingerprint density at radius 3 is 2.84 bits per heavy atom. The number of aromatic nitrogens is 2. The Balaban J connectivity index is 1.19. The van der Waals surface area contributed by atoms with Gasteiger partial charge in [0, 0.05) is 37.3 Å². The Labute approximate surface area is 186 Å². The largest absolute Gasteiger partial charge is 0.497 e. The van der Waals surface area contributed by atoms with Crippen LogP contribution < -0.4 is 9.64 Å². The van der Waals surface area contributed by atoms with E-state index in [1.54, 1.807) is 7.11 Å². The fraction of sp³-hybridized carbons (Fsp3) is 0.375. The molecule has 0 N–H and O–H groups in total. The van der Waals surface area contributed by atoms with Crippen molar-refractivity contribution in [1.29, 1.82) is 0 Å². The first kappa shape index (κ1) is 20.5. The van der Waals surface area contributed by atoms with E-state index in [-0.39, 0.29) is 5.91 Å². The summed E-state index contributed by atoms with van der Waals surface area (Å²) in [5.41, 5.74) is 3.43. The van der Waals surface area contributed by atoms with Crippen molar-refractivity contribution in [3.05, 3.63) is 60.0 Å². The third kappa shape index (κ3) is 4.18. The first-order valence-electron chi connectivity index (χ1n) is 10.9. The van der Waals surface area contributed by atoms with Crippen LogP contribution in [0.3, 0.4) is 0 Å². The molecule has 0 radical (unpaired) electrons. The van der Waals surface area contributed by atoms with Crippen molar-refractivity contribution in [1.82, 2.24) is 15.0 Å². The van der Waals surface area contributed by atoms with Crippen LogP contribution in [0.4, 0.5) is 5.69 Å². The topological polar surface area (TPSA) is 80.9 Å². The molecule has 3 heterocycles. The molecule has 1 fully saturated rings. The summed E-state index contributed by atoms with van der Waals surface area (Å²) >= 11 is 0. The molecule has 0 spiro atoms. The van der Waals surface area contributed by atoms with Crippen LogP contribution in [0, 0.1) is 0 Å². The minimum Gasteiger partial charge on any atom is -0.497 e. The van der Waals surface area contributed by atoms with Gasteiger partial charge < -0.3 is 23.8 Å². The number of hydrogen-bond donors (Lipinski definition) is 0. The molecule has 0 saturated carbocycles. The lowest BCUT2D eigenvalue weighted by Crippen LogP contribution is -2.43. The second-order valence-electron chi connectivity index (χ2n) is 8.00. The van der Waals surface area contributed by atoms with Gasteiger partial charge in [-0.15, -0.1) is 0 Å². The Bertz CT molecular complexity index is 1080. The van der Waals surface area contributed by atoms with Crippen LogP contribution in [-0.4, -0.2) is 60.8 Å². The monoisotopic (exact) mass is 434 g/mol. The number of morpholine rings is 1. The third-order valence-electron chi connectivity index (χ3n) is 6.06. The quantitative estimate of drug-likeness (QED) is 0.590. The van der Waals surface area contributed by atoms with Crippen molar-refractivity contribution < 1.29 is 18.8 Å². The predicted octanol–water partition coefficient (Wildman–Crippen LogP) is 3.10. The average Bonchev–Trinajstić information content (AvgIpc) is 3.50. The van der Waals surface area contributed by atoms with Gasteiger partial charge in [0.15, 0.2) is 6.10 Å². The van der Waals surface area contributed by atoms with Gasteiger partial charge in [-0.25, -0.2) is 0 Å². The highest BCUT2D eigenvalue weighted by atomic mass is 16.5. The summed E-state index contributed by atoms with van der Waals surface area (Å²) in [7, 11) is 1.62. The summed E-state index contributed by atoms with van der Waals surface area (Å²) in [6, 6.07) is 15.9. The van der Waals surface area contributed by atoms with E-state index in [9.17, 15) is 4.79 Å². The summed E-state index contributed by atoms with van der Waals surface area (Å²) in [5, 5.41) is 4.08. The SMILES string of the molecule is COc1ccc(-c2noc([C@H]3CN(C(=O)CCN4CCc5ccccc54)CCO3)n2)cc1. The van der Waals surface area contributed by atoms with Crippen LogP contribution in [-0.2, 0) is 16.0 Å². The molecule has 2 aromatic carbocycles. The molecule has 1 saturated heterocycles. The molecule has 3 aromatic rings. The van der Waals surface area contributed by atoms with Crippen molar-refractivity contribution >= 4 is 11.6 Å². The van der Waals surface area contributed by atoms with Gasteiger partial charge in [-0.1, -0.05) is 23.4 Å². The molecule has 0 unspecified atom stereocenters. The number of rotatable bonds is 6. The second-order valence-corrected chi connectivity index (χ2v) is 8.00. The number of methoxy groups -OCH3 is 1. The van der Waals surface area contributed by atoms with Gasteiger partial charge in [-0.2, -0.15) is 4.98 Å². The fourth-order valence-corrected chi connectivity index (χ4v) is 4.28. The normalized spacial score (nSPS) is 18.0. The summed E-state index contributed by atoms with van der Waals surface area (Å²) in [5.74, 6) is 1.77. The van der Waals surface area contributed by atoms with Gasteiger partial charge in [0.1, 0.15) is 5.75 Å². The summed E-state index contributed by atoms with van der Waals surface area (Å²) in [4.78, 5) is 21.5. The van der Waals surface area contributed by atoms with Crippen molar-refractivity contribution in [2.75, 3.05) is 44.8 Å². The lowest BCUT2D eigenvalue weighted by Gasteiger charge is -2.32. The van der Waals surface area contributed by atoms with Crippen molar-refractivity contribution in [3.63, 3.8) is 0 Å². The number of fused-ring (bicyclic) bond motifs is 1. The fourth-order valence-electron chi connectivity index (χ4n) is 4.28. The van der Waals surface area contributed by atoms with Gasteiger partial charge >= 0.3 is 0 Å². The molecule has 0 aliphatic carbocycles. The average molecular weight is 434 g/mol. The Kier molecular flexibility index (Phi) is 5.77. The molecule has 5 rings (SSSR count). The van der Waals surface area contributed by atoms with Gasteiger partial charge in [0.25, 0.3) is 5.89 Å². The van der Waals surface area contributed by atoms with Crippen LogP contribution in [0.2, 0.25) is 0 Å². The lowest BCUT2D eigenvalue weighted by molar-refractivity contribution is -0.139. The molecule has 8 nitrogen and oxygen atoms in total. The zero-order valence-corrected chi connectivity index (χ0v) is 18.1. The standard InChI is InChI=1S/C24H26N4O4/c1-30-19-8-6-18(7-9-19)23-25-24(32-26-23)21-16-28(14-15-31-21)22(29)11-13-27-12-10-17-4-2-3-5-20(17)27/h2-9,21H,10-16H2,1H3/t21-/m1/s1. The molecule has 0 bridgehead atoms. The highest BCUT2D eigenvalue weighted by Gasteiger charge is 2.30. The zero-order chi connectivity index (χ0) is 21.9. The number of benzene rings is 2. The van der Waals surface area contributed by atoms with E-state index in [4.69, 9.17) is 14.0 Å². The zero-order valence-electron chi connectivity index (χ0n) is 18.1. The van der Waals surface area contributed by atoms with Crippen molar-refractivity contribution in [3.8, 4) is 17.1 Å². The van der Waals surface area contributed by atoms with Gasteiger partial charge in [-0.3, -0.25) is 4.79 Å². The second kappa shape index (κ2) is 9.00. The molecule has 2 aliphatic heterocycles. The molecule has 8 heteroatoms. The summed E-state index contributed by atoms with van der Waals surface area (Å²) in [6.45, 7) is 3.13. The van der Waals surface area contributed by atoms with Crippen LogP contribution >= 0.6 is 0 Å². The first-order valence-corrected chi connectivity index (χ1v) is 10.9. The summed E-state index contributed by atoms with van der Waals surface area (Å²) in [6.07, 6.45) is 1.10. The maximum Gasteiger partial charge on any atom is 0.257 e. The van der Waals surface area contributed by atoms with E-state index in [1.807, 2.05) is 29.2 Å². The van der Waals surface area contributed by atoms with Crippen LogP contribution in [0.1, 0.15) is 24.0 Å². The van der Waals surface area contributed by atoms with E-state index in [2.05, 4.69) is 39.3 Å². The maximum atomic E-state index is 12.9. The van der Waals surface area contributed by atoms with Gasteiger partial charge in [-0.05, 0) is 42.3 Å². The van der Waals surface area contributed by atoms with Crippen LogP contribution in [0.15, 0.2) is 53.1 Å². The number of carbonyl (C=O) groups is 1. The minimum atomic E-state index is -0.417. The lowest BCUT2D eigenvalue weighted by atomic mass is 10.2. The van der Waals surface area contributed by atoms with E-state index in [0.29, 0.717) is 37.8 Å². The van der Waals surface area contributed by atoms with Gasteiger partial charge in [0.05, 0.1) is 20.3 Å².